The van der Waals surface area contributed by atoms with Gasteiger partial charge >= 0.3 is 0 Å². The fourth-order valence-electron chi connectivity index (χ4n) is 1.25. The summed E-state index contributed by atoms with van der Waals surface area (Å²) in [4.78, 5) is 9.94. The highest BCUT2D eigenvalue weighted by Crippen LogP contribution is 2.22. The Morgan fingerprint density at radius 1 is 1.50 bits per heavy atom. The first-order valence-electron chi connectivity index (χ1n) is 4.98. The minimum absolute atomic E-state index is 0.0455. The van der Waals surface area contributed by atoms with Crippen LogP contribution >= 0.6 is 11.6 Å². The average molecular weight is 281 g/mol. The van der Waals surface area contributed by atoms with E-state index < -0.39 is 24.0 Å². The Kier molecular flexibility index (Phi) is 4.94. The van der Waals surface area contributed by atoms with E-state index in [0.29, 0.717) is 5.56 Å². The predicted molar refractivity (Wildman–Crippen MR) is 61.8 cm³/mol. The number of rotatable bonds is 6. The highest BCUT2D eigenvalue weighted by molar-refractivity contribution is 6.31. The Labute approximate surface area is 107 Å². The molecule has 0 saturated heterocycles. The first kappa shape index (κ1) is 14.7. The molecular formula is C10H11ClF2N2O3. The van der Waals surface area contributed by atoms with E-state index in [4.69, 9.17) is 16.7 Å². The Hall–Kier alpha value is -1.31. The lowest BCUT2D eigenvalue weighted by Gasteiger charge is -2.14. The molecule has 0 atom stereocenters. The topological polar surface area (TPSA) is 75.4 Å². The third kappa shape index (κ3) is 4.17. The molecule has 0 saturated carbocycles. The zero-order valence-electron chi connectivity index (χ0n) is 9.20. The molecule has 1 rings (SSSR count). The molecule has 0 aliphatic carbocycles. The summed E-state index contributed by atoms with van der Waals surface area (Å²) in [6.07, 6.45) is 0. The molecule has 0 aromatic heterocycles. The monoisotopic (exact) mass is 280 g/mol. The van der Waals surface area contributed by atoms with Gasteiger partial charge in [-0.25, -0.2) is 8.78 Å². The maximum absolute atomic E-state index is 12.7. The van der Waals surface area contributed by atoms with Gasteiger partial charge in [0.15, 0.2) is 0 Å². The summed E-state index contributed by atoms with van der Waals surface area (Å²) < 4.78 is 25.4. The van der Waals surface area contributed by atoms with E-state index in [2.05, 4.69) is 5.32 Å². The van der Waals surface area contributed by atoms with Gasteiger partial charge in [0.25, 0.3) is 11.6 Å². The van der Waals surface area contributed by atoms with Gasteiger partial charge in [0.2, 0.25) is 0 Å². The molecule has 0 bridgehead atoms. The zero-order valence-corrected chi connectivity index (χ0v) is 9.95. The first-order chi connectivity index (χ1) is 8.35. The summed E-state index contributed by atoms with van der Waals surface area (Å²) in [6, 6.07) is 3.78. The number of halogens is 3. The SMILES string of the molecule is O=[N+]([O-])c1ccc(Cl)c(CNCC(F)(F)CO)c1. The maximum atomic E-state index is 12.7. The first-order valence-corrected chi connectivity index (χ1v) is 5.36. The van der Waals surface area contributed by atoms with Gasteiger partial charge in [0.1, 0.15) is 6.61 Å². The number of aliphatic hydroxyl groups is 1. The number of nitro groups is 1. The lowest BCUT2D eigenvalue weighted by Crippen LogP contribution is -2.35. The van der Waals surface area contributed by atoms with Gasteiger partial charge in [0.05, 0.1) is 11.5 Å². The van der Waals surface area contributed by atoms with Crippen molar-refractivity contribution in [2.75, 3.05) is 13.2 Å². The Morgan fingerprint density at radius 2 is 2.17 bits per heavy atom. The number of aliphatic hydroxyl groups excluding tert-OH is 1. The molecule has 0 fully saturated rings. The van der Waals surface area contributed by atoms with Crippen LogP contribution in [0.25, 0.3) is 0 Å². The van der Waals surface area contributed by atoms with E-state index in [-0.39, 0.29) is 17.3 Å². The van der Waals surface area contributed by atoms with Crippen LogP contribution in [0.3, 0.4) is 0 Å². The highest BCUT2D eigenvalue weighted by atomic mass is 35.5. The number of nitrogens with one attached hydrogen (secondary N) is 1. The van der Waals surface area contributed by atoms with Crippen LogP contribution in [0.15, 0.2) is 18.2 Å². The average Bonchev–Trinajstić information content (AvgIpc) is 2.31. The van der Waals surface area contributed by atoms with E-state index in [0.717, 1.165) is 0 Å². The zero-order chi connectivity index (χ0) is 13.8. The molecule has 0 heterocycles. The number of hydrogen-bond donors (Lipinski definition) is 2. The minimum atomic E-state index is -3.23. The van der Waals surface area contributed by atoms with Crippen molar-refractivity contribution < 1.29 is 18.8 Å². The van der Waals surface area contributed by atoms with Crippen molar-refractivity contribution in [2.24, 2.45) is 0 Å². The van der Waals surface area contributed by atoms with E-state index >= 15 is 0 Å². The second kappa shape index (κ2) is 6.03. The molecule has 2 N–H and O–H groups in total. The summed E-state index contributed by atoms with van der Waals surface area (Å²) in [5, 5.41) is 21.5. The number of hydrogen-bond acceptors (Lipinski definition) is 4. The van der Waals surface area contributed by atoms with Crippen molar-refractivity contribution in [2.45, 2.75) is 12.5 Å². The molecule has 8 heteroatoms. The number of benzene rings is 1. The fraction of sp³-hybridized carbons (Fsp3) is 0.400. The van der Waals surface area contributed by atoms with Gasteiger partial charge in [0, 0.05) is 23.7 Å². The summed E-state index contributed by atoms with van der Waals surface area (Å²) in [7, 11) is 0. The third-order valence-corrected chi connectivity index (χ3v) is 2.54. The molecular weight excluding hydrogens is 270 g/mol. The molecule has 1 aromatic carbocycles. The van der Waals surface area contributed by atoms with E-state index in [1.54, 1.807) is 0 Å². The third-order valence-electron chi connectivity index (χ3n) is 2.17. The summed E-state index contributed by atoms with van der Waals surface area (Å²) >= 11 is 5.79. The lowest BCUT2D eigenvalue weighted by atomic mass is 10.2. The van der Waals surface area contributed by atoms with Crippen LogP contribution in [0.2, 0.25) is 5.02 Å². The molecule has 5 nitrogen and oxygen atoms in total. The molecule has 0 aliphatic heterocycles. The van der Waals surface area contributed by atoms with Crippen molar-refractivity contribution in [1.82, 2.24) is 5.32 Å². The molecule has 0 radical (unpaired) electrons. The summed E-state index contributed by atoms with van der Waals surface area (Å²) in [5.41, 5.74) is 0.185. The van der Waals surface area contributed by atoms with Crippen LogP contribution in [0, 0.1) is 10.1 Å². The van der Waals surface area contributed by atoms with Gasteiger partial charge in [-0.2, -0.15) is 0 Å². The number of nitrogens with zero attached hydrogens (tertiary/aromatic N) is 1. The second-order valence-corrected chi connectivity index (χ2v) is 4.06. The molecule has 0 spiro atoms. The minimum Gasteiger partial charge on any atom is -0.390 e. The van der Waals surface area contributed by atoms with Crippen LogP contribution in [0.1, 0.15) is 5.56 Å². The van der Waals surface area contributed by atoms with Crippen LogP contribution in [-0.4, -0.2) is 29.1 Å². The van der Waals surface area contributed by atoms with E-state index in [9.17, 15) is 18.9 Å². The molecule has 0 amide bonds. The van der Waals surface area contributed by atoms with E-state index in [1.807, 2.05) is 0 Å². The number of non-ortho nitro benzene ring substituents is 1. The van der Waals surface area contributed by atoms with Gasteiger partial charge in [-0.1, -0.05) is 11.6 Å². The maximum Gasteiger partial charge on any atom is 0.282 e. The van der Waals surface area contributed by atoms with E-state index in [1.165, 1.54) is 18.2 Å². The molecule has 18 heavy (non-hydrogen) atoms. The Bertz CT molecular complexity index is 443. The van der Waals surface area contributed by atoms with Crippen LogP contribution < -0.4 is 5.32 Å². The smallest absolute Gasteiger partial charge is 0.282 e. The van der Waals surface area contributed by atoms with Crippen molar-refractivity contribution in [1.29, 1.82) is 0 Å². The lowest BCUT2D eigenvalue weighted by molar-refractivity contribution is -0.384. The van der Waals surface area contributed by atoms with Gasteiger partial charge in [-0.05, 0) is 11.6 Å². The highest BCUT2D eigenvalue weighted by Gasteiger charge is 2.26. The molecule has 1 aromatic rings. The molecule has 0 aliphatic rings. The normalized spacial score (nSPS) is 11.6. The number of nitro benzene ring substituents is 1. The molecule has 100 valence electrons. The predicted octanol–water partition coefficient (Wildman–Crippen LogP) is 1.97. The number of alkyl halides is 2. The Morgan fingerprint density at radius 3 is 2.72 bits per heavy atom. The van der Waals surface area contributed by atoms with Crippen molar-refractivity contribution in [3.63, 3.8) is 0 Å². The Balaban J connectivity index is 2.67. The standard InChI is InChI=1S/C10H11ClF2N2O3/c11-9-2-1-8(15(17)18)3-7(9)4-14-5-10(12,13)6-16/h1-3,14,16H,4-6H2. The summed E-state index contributed by atoms with van der Waals surface area (Å²) in [5.74, 6) is -3.23. The van der Waals surface area contributed by atoms with Gasteiger partial charge < -0.3 is 10.4 Å². The van der Waals surface area contributed by atoms with Gasteiger partial charge in [-0.15, -0.1) is 0 Å². The second-order valence-electron chi connectivity index (χ2n) is 3.65. The van der Waals surface area contributed by atoms with Crippen molar-refractivity contribution in [3.8, 4) is 0 Å². The van der Waals surface area contributed by atoms with Crippen molar-refractivity contribution >= 4 is 17.3 Å². The fourth-order valence-corrected chi connectivity index (χ4v) is 1.43. The van der Waals surface area contributed by atoms with Crippen LogP contribution in [0.4, 0.5) is 14.5 Å². The van der Waals surface area contributed by atoms with Crippen LogP contribution in [0.5, 0.6) is 0 Å². The quantitative estimate of drug-likeness (QED) is 0.617. The summed E-state index contributed by atoms with van der Waals surface area (Å²) in [6.45, 7) is -2.04. The largest absolute Gasteiger partial charge is 0.390 e. The van der Waals surface area contributed by atoms with Crippen molar-refractivity contribution in [3.05, 3.63) is 38.9 Å². The molecule has 0 unspecified atom stereocenters. The van der Waals surface area contributed by atoms with Crippen LogP contribution in [-0.2, 0) is 6.54 Å². The van der Waals surface area contributed by atoms with Gasteiger partial charge in [-0.3, -0.25) is 10.1 Å².